The highest BCUT2D eigenvalue weighted by Gasteiger charge is 2.36. The largest absolute Gasteiger partial charge is 0.393 e. The van der Waals surface area contributed by atoms with E-state index >= 15 is 0 Å². The van der Waals surface area contributed by atoms with Gasteiger partial charge in [-0.05, 0) is 36.1 Å². The number of pyridine rings is 1. The summed E-state index contributed by atoms with van der Waals surface area (Å²) < 4.78 is 0. The maximum atomic E-state index is 12.1. The average molecular weight is 288 g/mol. The Hall–Kier alpha value is -2.35. The molecular weight excluding hydrogens is 272 g/mol. The van der Waals surface area contributed by atoms with Crippen LogP contribution in [0.25, 0.3) is 0 Å². The molecule has 8 nitrogen and oxygen atoms in total. The van der Waals surface area contributed by atoms with Crippen LogP contribution < -0.4 is 5.32 Å². The number of carbonyl (C=O) groups is 1. The SMILES string of the molecule is O=C(Cn1ncnn1)N[C@H](c1ccccn1)C1CC(O)C1. The van der Waals surface area contributed by atoms with Gasteiger partial charge in [-0.15, -0.1) is 10.2 Å². The molecule has 1 aliphatic carbocycles. The van der Waals surface area contributed by atoms with Crippen molar-refractivity contribution >= 4 is 5.91 Å². The first-order valence-electron chi connectivity index (χ1n) is 6.81. The van der Waals surface area contributed by atoms with Crippen LogP contribution in [-0.4, -0.2) is 42.3 Å². The summed E-state index contributed by atoms with van der Waals surface area (Å²) in [5, 5.41) is 23.5. The number of aliphatic hydroxyl groups excluding tert-OH is 1. The Labute approximate surface area is 121 Å². The summed E-state index contributed by atoms with van der Waals surface area (Å²) in [4.78, 5) is 17.6. The fraction of sp³-hybridized carbons (Fsp3) is 0.462. The van der Waals surface area contributed by atoms with Gasteiger partial charge in [0.15, 0.2) is 6.33 Å². The number of carbonyl (C=O) groups excluding carboxylic acids is 1. The summed E-state index contributed by atoms with van der Waals surface area (Å²) in [6.45, 7) is 0.0125. The van der Waals surface area contributed by atoms with Crippen molar-refractivity contribution in [3.8, 4) is 0 Å². The van der Waals surface area contributed by atoms with Crippen molar-refractivity contribution < 1.29 is 9.90 Å². The van der Waals surface area contributed by atoms with Crippen LogP contribution in [0.4, 0.5) is 0 Å². The van der Waals surface area contributed by atoms with Crippen molar-refractivity contribution in [1.29, 1.82) is 0 Å². The zero-order valence-corrected chi connectivity index (χ0v) is 11.3. The number of nitrogens with zero attached hydrogens (tertiary/aromatic N) is 5. The molecule has 110 valence electrons. The maximum Gasteiger partial charge on any atom is 0.244 e. The Morgan fingerprint density at radius 2 is 2.33 bits per heavy atom. The third kappa shape index (κ3) is 3.22. The maximum absolute atomic E-state index is 12.1. The second-order valence-corrected chi connectivity index (χ2v) is 5.15. The van der Waals surface area contributed by atoms with Crippen molar-refractivity contribution in [2.24, 2.45) is 5.92 Å². The third-order valence-electron chi connectivity index (χ3n) is 3.62. The van der Waals surface area contributed by atoms with E-state index in [0.717, 1.165) is 5.69 Å². The van der Waals surface area contributed by atoms with Gasteiger partial charge in [0, 0.05) is 6.20 Å². The monoisotopic (exact) mass is 288 g/mol. The average Bonchev–Trinajstić information content (AvgIpc) is 2.95. The normalized spacial score (nSPS) is 22.3. The first kappa shape index (κ1) is 13.6. The molecule has 0 unspecified atom stereocenters. The number of hydrogen-bond donors (Lipinski definition) is 2. The van der Waals surface area contributed by atoms with E-state index in [1.165, 1.54) is 11.1 Å². The minimum absolute atomic E-state index is 0.0125. The quantitative estimate of drug-likeness (QED) is 0.782. The van der Waals surface area contributed by atoms with Gasteiger partial charge in [-0.25, -0.2) is 0 Å². The zero-order valence-electron chi connectivity index (χ0n) is 11.3. The first-order chi connectivity index (χ1) is 10.2. The van der Waals surface area contributed by atoms with Crippen LogP contribution in [-0.2, 0) is 11.3 Å². The van der Waals surface area contributed by atoms with Crippen molar-refractivity contribution in [1.82, 2.24) is 30.5 Å². The zero-order chi connectivity index (χ0) is 14.7. The molecular formula is C13H16N6O2. The molecule has 0 spiro atoms. The van der Waals surface area contributed by atoms with E-state index in [1.807, 2.05) is 18.2 Å². The second-order valence-electron chi connectivity index (χ2n) is 5.15. The molecule has 2 heterocycles. The molecule has 0 radical (unpaired) electrons. The summed E-state index contributed by atoms with van der Waals surface area (Å²) >= 11 is 0. The minimum Gasteiger partial charge on any atom is -0.393 e. The standard InChI is InChI=1S/C13H16N6O2/c20-10-5-9(6-10)13(11-3-1-2-4-14-11)17-12(21)7-19-16-8-15-18-19/h1-4,8-10,13,20H,5-7H2,(H,17,21)/t9?,10?,13-/m0/s1. The second kappa shape index (κ2) is 5.96. The highest BCUT2D eigenvalue weighted by molar-refractivity contribution is 5.76. The van der Waals surface area contributed by atoms with Crippen molar-refractivity contribution in [3.05, 3.63) is 36.4 Å². The summed E-state index contributed by atoms with van der Waals surface area (Å²) in [6.07, 6.45) is 4.04. The smallest absolute Gasteiger partial charge is 0.244 e. The molecule has 21 heavy (non-hydrogen) atoms. The lowest BCUT2D eigenvalue weighted by molar-refractivity contribution is -0.124. The summed E-state index contributed by atoms with van der Waals surface area (Å²) in [7, 11) is 0. The molecule has 0 bridgehead atoms. The summed E-state index contributed by atoms with van der Waals surface area (Å²) in [6, 6.07) is 5.39. The van der Waals surface area contributed by atoms with Gasteiger partial charge in [-0.1, -0.05) is 6.07 Å². The molecule has 8 heteroatoms. The van der Waals surface area contributed by atoms with Crippen LogP contribution >= 0.6 is 0 Å². The van der Waals surface area contributed by atoms with Gasteiger partial charge < -0.3 is 10.4 Å². The van der Waals surface area contributed by atoms with Gasteiger partial charge in [0.1, 0.15) is 6.54 Å². The van der Waals surface area contributed by atoms with Gasteiger partial charge >= 0.3 is 0 Å². The van der Waals surface area contributed by atoms with E-state index in [2.05, 4.69) is 25.7 Å². The van der Waals surface area contributed by atoms with E-state index in [0.29, 0.717) is 12.8 Å². The molecule has 1 fully saturated rings. The fourth-order valence-corrected chi connectivity index (χ4v) is 2.50. The molecule has 2 aromatic heterocycles. The lowest BCUT2D eigenvalue weighted by Crippen LogP contribution is -2.42. The van der Waals surface area contributed by atoms with E-state index < -0.39 is 0 Å². The molecule has 1 saturated carbocycles. The Morgan fingerprint density at radius 3 is 2.95 bits per heavy atom. The Bertz CT molecular complexity index is 582. The number of aliphatic hydroxyl groups is 1. The summed E-state index contributed by atoms with van der Waals surface area (Å²) in [5.74, 6) is -0.00685. The molecule has 0 aliphatic heterocycles. The van der Waals surface area contributed by atoms with Crippen LogP contribution in [0.5, 0.6) is 0 Å². The number of tetrazole rings is 1. The van der Waals surface area contributed by atoms with E-state index in [-0.39, 0.29) is 30.5 Å². The first-order valence-corrected chi connectivity index (χ1v) is 6.81. The van der Waals surface area contributed by atoms with Gasteiger partial charge in [0.2, 0.25) is 5.91 Å². The van der Waals surface area contributed by atoms with Crippen molar-refractivity contribution in [2.75, 3.05) is 0 Å². The lowest BCUT2D eigenvalue weighted by Gasteiger charge is -2.37. The van der Waals surface area contributed by atoms with Gasteiger partial charge in [-0.3, -0.25) is 9.78 Å². The van der Waals surface area contributed by atoms with Gasteiger partial charge in [-0.2, -0.15) is 4.80 Å². The van der Waals surface area contributed by atoms with Gasteiger partial charge in [0.25, 0.3) is 0 Å². The fourth-order valence-electron chi connectivity index (χ4n) is 2.50. The molecule has 2 N–H and O–H groups in total. The minimum atomic E-state index is -0.282. The van der Waals surface area contributed by atoms with E-state index in [4.69, 9.17) is 0 Å². The molecule has 0 saturated heterocycles. The molecule has 1 atom stereocenters. The molecule has 2 aromatic rings. The molecule has 0 aromatic carbocycles. The van der Waals surface area contributed by atoms with Crippen molar-refractivity contribution in [3.63, 3.8) is 0 Å². The van der Waals surface area contributed by atoms with E-state index in [1.54, 1.807) is 6.20 Å². The van der Waals surface area contributed by atoms with Crippen LogP contribution in [0.1, 0.15) is 24.6 Å². The topological polar surface area (TPSA) is 106 Å². The Morgan fingerprint density at radius 1 is 1.48 bits per heavy atom. The molecule has 1 aliphatic rings. The number of nitrogens with one attached hydrogen (secondary N) is 1. The summed E-state index contributed by atoms with van der Waals surface area (Å²) in [5.41, 5.74) is 0.800. The number of hydrogen-bond acceptors (Lipinski definition) is 6. The van der Waals surface area contributed by atoms with Crippen molar-refractivity contribution in [2.45, 2.75) is 31.5 Å². The highest BCUT2D eigenvalue weighted by atomic mass is 16.3. The van der Waals surface area contributed by atoms with Crippen LogP contribution in [0.2, 0.25) is 0 Å². The predicted molar refractivity (Wildman–Crippen MR) is 71.7 cm³/mol. The number of rotatable bonds is 5. The lowest BCUT2D eigenvalue weighted by atomic mass is 9.76. The van der Waals surface area contributed by atoms with Crippen LogP contribution in [0, 0.1) is 5.92 Å². The predicted octanol–water partition coefficient (Wildman–Crippen LogP) is -0.304. The Balaban J connectivity index is 1.69. The van der Waals surface area contributed by atoms with Gasteiger partial charge in [0.05, 0.1) is 17.8 Å². The highest BCUT2D eigenvalue weighted by Crippen LogP contribution is 2.37. The van der Waals surface area contributed by atoms with E-state index in [9.17, 15) is 9.90 Å². The van der Waals surface area contributed by atoms with Crippen LogP contribution in [0.3, 0.4) is 0 Å². The number of amides is 1. The third-order valence-corrected chi connectivity index (χ3v) is 3.62. The molecule has 3 rings (SSSR count). The number of aromatic nitrogens is 5. The Kier molecular flexibility index (Phi) is 3.87. The molecule has 1 amide bonds. The van der Waals surface area contributed by atoms with Crippen LogP contribution in [0.15, 0.2) is 30.7 Å².